The number of guanidine groups is 1. The molecule has 2 rings (SSSR count). The van der Waals surface area contributed by atoms with E-state index in [0.29, 0.717) is 6.42 Å². The van der Waals surface area contributed by atoms with E-state index in [1.807, 2.05) is 12.1 Å². The van der Waals surface area contributed by atoms with Crippen molar-refractivity contribution in [3.63, 3.8) is 0 Å². The van der Waals surface area contributed by atoms with Gasteiger partial charge < -0.3 is 15.8 Å². The average Bonchev–Trinajstić information content (AvgIpc) is 2.46. The van der Waals surface area contributed by atoms with E-state index in [1.165, 1.54) is 0 Å². The number of nitrogens with two attached hydrogens (primary N) is 1. The number of benzene rings is 1. The molecule has 0 aromatic heterocycles. The Balaban J connectivity index is 0.00000242. The molecule has 1 heterocycles. The first kappa shape index (κ1) is 19.0. The number of sulfone groups is 1. The van der Waals surface area contributed by atoms with E-state index in [2.05, 4.69) is 10.3 Å². The summed E-state index contributed by atoms with van der Waals surface area (Å²) in [5.74, 6) is 1.24. The van der Waals surface area contributed by atoms with Gasteiger partial charge >= 0.3 is 0 Å². The van der Waals surface area contributed by atoms with E-state index < -0.39 is 15.1 Å². The highest BCUT2D eigenvalue weighted by molar-refractivity contribution is 14.0. The quantitative estimate of drug-likeness (QED) is 0.425. The van der Waals surface area contributed by atoms with Crippen molar-refractivity contribution in [2.75, 3.05) is 24.7 Å². The Hall–Kier alpha value is -1.03. The largest absolute Gasteiger partial charge is 0.497 e. The number of hydrogen-bond acceptors (Lipinski definition) is 4. The zero-order valence-electron chi connectivity index (χ0n) is 12.5. The second-order valence-electron chi connectivity index (χ2n) is 5.06. The van der Waals surface area contributed by atoms with Gasteiger partial charge in [0.2, 0.25) is 0 Å². The minimum atomic E-state index is -3.01. The lowest BCUT2D eigenvalue weighted by molar-refractivity contribution is 0.415. The van der Waals surface area contributed by atoms with Crippen molar-refractivity contribution in [1.82, 2.24) is 0 Å². The molecule has 6 nitrogen and oxygen atoms in total. The van der Waals surface area contributed by atoms with Gasteiger partial charge in [-0.15, -0.1) is 24.0 Å². The van der Waals surface area contributed by atoms with Crippen LogP contribution in [0.1, 0.15) is 19.3 Å². The van der Waals surface area contributed by atoms with Crippen molar-refractivity contribution in [2.24, 2.45) is 10.7 Å². The molecule has 0 radical (unpaired) electrons. The minimum absolute atomic E-state index is 0. The summed E-state index contributed by atoms with van der Waals surface area (Å²) >= 11 is 0. The van der Waals surface area contributed by atoms with Crippen molar-refractivity contribution in [2.45, 2.75) is 24.5 Å². The summed E-state index contributed by atoms with van der Waals surface area (Å²) in [4.78, 5) is 4.15. The zero-order chi connectivity index (χ0) is 15.3. The third kappa shape index (κ3) is 5.31. The molecule has 0 amide bonds. The molecule has 124 valence electrons. The number of ether oxygens (including phenoxy) is 1. The Bertz CT molecular complexity index is 602. The molecule has 1 aromatic carbocycles. The van der Waals surface area contributed by atoms with Gasteiger partial charge in [-0.2, -0.15) is 0 Å². The van der Waals surface area contributed by atoms with E-state index >= 15 is 0 Å². The summed E-state index contributed by atoms with van der Waals surface area (Å²) < 4.78 is 28.8. The second-order valence-corrected chi connectivity index (χ2v) is 7.46. The summed E-state index contributed by atoms with van der Waals surface area (Å²) in [5.41, 5.74) is 6.58. The molecule has 0 aliphatic carbocycles. The third-order valence-corrected chi connectivity index (χ3v) is 5.80. The fourth-order valence-corrected chi connectivity index (χ4v) is 4.06. The van der Waals surface area contributed by atoms with Gasteiger partial charge in [0.15, 0.2) is 15.8 Å². The highest BCUT2D eigenvalue weighted by Gasteiger charge is 2.28. The number of anilines is 1. The summed E-state index contributed by atoms with van der Waals surface area (Å²) in [7, 11) is -1.41. The number of nitrogens with zero attached hydrogens (tertiary/aromatic N) is 1. The smallest absolute Gasteiger partial charge is 0.193 e. The summed E-state index contributed by atoms with van der Waals surface area (Å²) in [6, 6.07) is 7.25. The zero-order valence-corrected chi connectivity index (χ0v) is 15.6. The van der Waals surface area contributed by atoms with Crippen LogP contribution in [-0.2, 0) is 9.84 Å². The predicted octanol–water partition coefficient (Wildman–Crippen LogP) is 2.01. The lowest BCUT2D eigenvalue weighted by atomic mass is 10.2. The maximum Gasteiger partial charge on any atom is 0.193 e. The van der Waals surface area contributed by atoms with Crippen LogP contribution in [0.25, 0.3) is 0 Å². The molecule has 1 aliphatic rings. The van der Waals surface area contributed by atoms with E-state index in [-0.39, 0.29) is 42.2 Å². The van der Waals surface area contributed by atoms with Crippen molar-refractivity contribution < 1.29 is 13.2 Å². The predicted molar refractivity (Wildman–Crippen MR) is 99.9 cm³/mol. The van der Waals surface area contributed by atoms with Crippen LogP contribution in [0.3, 0.4) is 0 Å². The highest BCUT2D eigenvalue weighted by Crippen LogP contribution is 2.20. The van der Waals surface area contributed by atoms with Gasteiger partial charge in [0.25, 0.3) is 0 Å². The minimum Gasteiger partial charge on any atom is -0.497 e. The number of methoxy groups -OCH3 is 1. The van der Waals surface area contributed by atoms with E-state index in [4.69, 9.17) is 10.5 Å². The SMILES string of the molecule is COc1ccc(NC(N)=NCC2CCCCS2(=O)=O)cc1.I. The number of halogens is 1. The van der Waals surface area contributed by atoms with Crippen molar-refractivity contribution in [1.29, 1.82) is 0 Å². The summed E-state index contributed by atoms with van der Waals surface area (Å²) in [5, 5.41) is 2.54. The Morgan fingerprint density at radius 3 is 2.64 bits per heavy atom. The van der Waals surface area contributed by atoms with Gasteiger partial charge in [-0.25, -0.2) is 8.42 Å². The van der Waals surface area contributed by atoms with Gasteiger partial charge in [-0.1, -0.05) is 6.42 Å². The summed E-state index contributed by atoms with van der Waals surface area (Å²) in [6.07, 6.45) is 2.36. The standard InChI is InChI=1S/C14H21N3O3S.HI/c1-20-12-7-5-11(6-8-12)17-14(15)16-10-13-4-2-3-9-21(13,18)19;/h5-8,13H,2-4,9-10H2,1H3,(H3,15,16,17);1H. The Labute approximate surface area is 148 Å². The average molecular weight is 439 g/mol. The van der Waals surface area contributed by atoms with Crippen LogP contribution in [0.15, 0.2) is 29.3 Å². The maximum atomic E-state index is 11.9. The molecular weight excluding hydrogens is 417 g/mol. The molecule has 0 bridgehead atoms. The van der Waals surface area contributed by atoms with Crippen LogP contribution in [0.4, 0.5) is 5.69 Å². The number of rotatable bonds is 4. The Morgan fingerprint density at radius 2 is 2.05 bits per heavy atom. The number of hydrogen-bond donors (Lipinski definition) is 2. The van der Waals surface area contributed by atoms with E-state index in [0.717, 1.165) is 24.3 Å². The van der Waals surface area contributed by atoms with Crippen molar-refractivity contribution in [3.05, 3.63) is 24.3 Å². The molecule has 1 aliphatic heterocycles. The van der Waals surface area contributed by atoms with E-state index in [9.17, 15) is 8.42 Å². The highest BCUT2D eigenvalue weighted by atomic mass is 127. The third-order valence-electron chi connectivity index (χ3n) is 3.54. The molecule has 3 N–H and O–H groups in total. The molecule has 1 saturated heterocycles. The number of aliphatic imine (C=N–C) groups is 1. The maximum absolute atomic E-state index is 11.9. The molecule has 1 aromatic rings. The molecule has 1 fully saturated rings. The van der Waals surface area contributed by atoms with Gasteiger partial charge in [-0.3, -0.25) is 4.99 Å². The van der Waals surface area contributed by atoms with Crippen molar-refractivity contribution in [3.8, 4) is 5.75 Å². The van der Waals surface area contributed by atoms with Crippen LogP contribution in [-0.4, -0.2) is 39.0 Å². The van der Waals surface area contributed by atoms with Crippen LogP contribution in [0.2, 0.25) is 0 Å². The fraction of sp³-hybridized carbons (Fsp3) is 0.500. The lowest BCUT2D eigenvalue weighted by Crippen LogP contribution is -2.32. The van der Waals surface area contributed by atoms with Gasteiger partial charge in [0.05, 0.1) is 24.7 Å². The first-order chi connectivity index (χ1) is 10.0. The lowest BCUT2D eigenvalue weighted by Gasteiger charge is -2.20. The number of nitrogens with one attached hydrogen (secondary N) is 1. The van der Waals surface area contributed by atoms with Crippen LogP contribution in [0.5, 0.6) is 5.75 Å². The first-order valence-electron chi connectivity index (χ1n) is 6.94. The van der Waals surface area contributed by atoms with Crippen LogP contribution >= 0.6 is 24.0 Å². The van der Waals surface area contributed by atoms with Gasteiger partial charge in [0.1, 0.15) is 5.75 Å². The van der Waals surface area contributed by atoms with E-state index in [1.54, 1.807) is 19.2 Å². The molecule has 8 heteroatoms. The van der Waals surface area contributed by atoms with Crippen LogP contribution in [0, 0.1) is 0 Å². The van der Waals surface area contributed by atoms with Gasteiger partial charge in [0, 0.05) is 5.69 Å². The molecule has 1 unspecified atom stereocenters. The molecule has 22 heavy (non-hydrogen) atoms. The Kier molecular flexibility index (Phi) is 7.40. The molecular formula is C14H22IN3O3S. The summed E-state index contributed by atoms with van der Waals surface area (Å²) in [6.45, 7) is 0.220. The monoisotopic (exact) mass is 439 g/mol. The fourth-order valence-electron chi connectivity index (χ4n) is 2.29. The normalized spacial score (nSPS) is 20.8. The molecule has 0 spiro atoms. The molecule has 0 saturated carbocycles. The van der Waals surface area contributed by atoms with Crippen LogP contribution < -0.4 is 15.8 Å². The van der Waals surface area contributed by atoms with Gasteiger partial charge in [-0.05, 0) is 37.1 Å². The topological polar surface area (TPSA) is 93.8 Å². The first-order valence-corrected chi connectivity index (χ1v) is 8.65. The van der Waals surface area contributed by atoms with Crippen molar-refractivity contribution >= 4 is 45.5 Å². The molecule has 1 atom stereocenters. The second kappa shape index (κ2) is 8.56. The Morgan fingerprint density at radius 1 is 1.36 bits per heavy atom.